The summed E-state index contributed by atoms with van der Waals surface area (Å²) in [7, 11) is 0. The Morgan fingerprint density at radius 3 is 2.56 bits per heavy atom. The van der Waals surface area contributed by atoms with Crippen LogP contribution < -0.4 is 10.5 Å². The highest BCUT2D eigenvalue weighted by atomic mass is 35.5. The Balaban J connectivity index is 1.93. The van der Waals surface area contributed by atoms with Gasteiger partial charge in [-0.2, -0.15) is 5.26 Å². The minimum Gasteiger partial charge on any atom is -0.487 e. The lowest BCUT2D eigenvalue weighted by atomic mass is 9.83. The molecule has 0 aromatic heterocycles. The van der Waals surface area contributed by atoms with Crippen molar-refractivity contribution in [3.8, 4) is 11.8 Å². The number of ether oxygens (including phenoxy) is 3. The minimum atomic E-state index is -0.787. The number of hydrogen-bond donors (Lipinski definition) is 1. The molecule has 2 N–H and O–H groups in total. The zero-order valence-electron chi connectivity index (χ0n) is 17.2. The van der Waals surface area contributed by atoms with Crippen LogP contribution in [-0.2, 0) is 20.9 Å². The van der Waals surface area contributed by atoms with Crippen LogP contribution in [0.5, 0.6) is 5.75 Å². The quantitative estimate of drug-likeness (QED) is 0.506. The summed E-state index contributed by atoms with van der Waals surface area (Å²) in [6.07, 6.45) is 0. The molecular weight excluding hydrogens is 475 g/mol. The van der Waals surface area contributed by atoms with E-state index in [4.69, 9.17) is 54.7 Å². The van der Waals surface area contributed by atoms with Crippen molar-refractivity contribution < 1.29 is 19.0 Å². The second-order valence-electron chi connectivity index (χ2n) is 6.83. The number of rotatable bonds is 6. The van der Waals surface area contributed by atoms with Crippen LogP contribution in [0.25, 0.3) is 0 Å². The SMILES string of the molecule is CCOC(=O)C1=C(C)OC(N)=C(C#N)C1c1ccc(OCc2ccc(Cl)cc2Cl)c(Cl)c1. The first-order valence-electron chi connectivity index (χ1n) is 9.58. The van der Waals surface area contributed by atoms with Gasteiger partial charge in [0, 0.05) is 15.6 Å². The molecule has 3 rings (SSSR count). The van der Waals surface area contributed by atoms with E-state index in [1.54, 1.807) is 50.2 Å². The van der Waals surface area contributed by atoms with Crippen LogP contribution >= 0.6 is 34.8 Å². The monoisotopic (exact) mass is 492 g/mol. The molecule has 0 fully saturated rings. The van der Waals surface area contributed by atoms with Gasteiger partial charge in [0.15, 0.2) is 0 Å². The molecule has 0 bridgehead atoms. The molecule has 32 heavy (non-hydrogen) atoms. The molecule has 0 spiro atoms. The Hall–Kier alpha value is -2.85. The Bertz CT molecular complexity index is 1170. The normalized spacial score (nSPS) is 15.8. The number of allylic oxidation sites excluding steroid dienone is 2. The van der Waals surface area contributed by atoms with E-state index in [1.165, 1.54) is 0 Å². The molecule has 0 saturated carbocycles. The standard InChI is InChI=1S/C23H19Cl3N2O4/c1-3-30-23(29)20-12(2)32-22(28)16(10-27)21(20)13-5-7-19(18(26)8-13)31-11-14-4-6-15(24)9-17(14)25/h4-9,21H,3,11,28H2,1-2H3. The van der Waals surface area contributed by atoms with Gasteiger partial charge in [0.05, 0.1) is 23.1 Å². The lowest BCUT2D eigenvalue weighted by molar-refractivity contribution is -0.139. The third kappa shape index (κ3) is 4.97. The molecule has 1 aliphatic heterocycles. The highest BCUT2D eigenvalue weighted by Gasteiger charge is 2.36. The van der Waals surface area contributed by atoms with E-state index in [2.05, 4.69) is 0 Å². The number of carbonyl (C=O) groups is 1. The van der Waals surface area contributed by atoms with Gasteiger partial charge in [-0.05, 0) is 43.7 Å². The third-order valence-electron chi connectivity index (χ3n) is 4.79. The number of nitrogens with zero attached hydrogens (tertiary/aromatic N) is 1. The van der Waals surface area contributed by atoms with Gasteiger partial charge in [-0.15, -0.1) is 0 Å². The van der Waals surface area contributed by atoms with Gasteiger partial charge < -0.3 is 19.9 Å². The summed E-state index contributed by atoms with van der Waals surface area (Å²) in [6, 6.07) is 12.1. The summed E-state index contributed by atoms with van der Waals surface area (Å²) in [5, 5.41) is 11.0. The summed E-state index contributed by atoms with van der Waals surface area (Å²) >= 11 is 18.6. The predicted molar refractivity (Wildman–Crippen MR) is 122 cm³/mol. The fourth-order valence-electron chi connectivity index (χ4n) is 3.30. The van der Waals surface area contributed by atoms with E-state index in [0.717, 1.165) is 5.56 Å². The van der Waals surface area contributed by atoms with Crippen LogP contribution in [0.15, 0.2) is 59.2 Å². The number of nitriles is 1. The van der Waals surface area contributed by atoms with Crippen molar-refractivity contribution in [1.29, 1.82) is 5.26 Å². The molecule has 2 aromatic rings. The van der Waals surface area contributed by atoms with E-state index in [-0.39, 0.29) is 41.0 Å². The molecule has 9 heteroatoms. The van der Waals surface area contributed by atoms with Crippen molar-refractivity contribution in [3.63, 3.8) is 0 Å². The average molecular weight is 494 g/mol. The first-order valence-corrected chi connectivity index (χ1v) is 10.7. The number of nitrogens with two attached hydrogens (primary N) is 1. The highest BCUT2D eigenvalue weighted by Crippen LogP contribution is 2.41. The van der Waals surface area contributed by atoms with E-state index in [9.17, 15) is 10.1 Å². The summed E-state index contributed by atoms with van der Waals surface area (Å²) in [6.45, 7) is 3.63. The third-order valence-corrected chi connectivity index (χ3v) is 5.67. The zero-order valence-corrected chi connectivity index (χ0v) is 19.5. The fraction of sp³-hybridized carbons (Fsp3) is 0.217. The molecule has 1 atom stereocenters. The minimum absolute atomic E-state index is 0.0723. The molecule has 1 heterocycles. The van der Waals surface area contributed by atoms with Gasteiger partial charge in [-0.25, -0.2) is 4.79 Å². The highest BCUT2D eigenvalue weighted by molar-refractivity contribution is 6.35. The van der Waals surface area contributed by atoms with Crippen LogP contribution in [0.1, 0.15) is 30.9 Å². The topological polar surface area (TPSA) is 94.6 Å². The number of carbonyl (C=O) groups excluding carboxylic acids is 1. The number of halogens is 3. The van der Waals surface area contributed by atoms with Crippen LogP contribution in [0.3, 0.4) is 0 Å². The maximum Gasteiger partial charge on any atom is 0.338 e. The van der Waals surface area contributed by atoms with Gasteiger partial charge in [0.2, 0.25) is 5.88 Å². The number of benzene rings is 2. The molecule has 1 unspecified atom stereocenters. The van der Waals surface area contributed by atoms with E-state index in [0.29, 0.717) is 21.4 Å². The Morgan fingerprint density at radius 2 is 1.94 bits per heavy atom. The summed E-state index contributed by atoms with van der Waals surface area (Å²) in [5.74, 6) is -0.785. The summed E-state index contributed by atoms with van der Waals surface area (Å²) in [5.41, 5.74) is 7.51. The Morgan fingerprint density at radius 1 is 1.19 bits per heavy atom. The van der Waals surface area contributed by atoms with Gasteiger partial charge in [-0.3, -0.25) is 0 Å². The van der Waals surface area contributed by atoms with E-state index in [1.807, 2.05) is 6.07 Å². The molecule has 0 radical (unpaired) electrons. The van der Waals surface area contributed by atoms with Crippen LogP contribution in [0.4, 0.5) is 0 Å². The zero-order chi connectivity index (χ0) is 23.4. The van der Waals surface area contributed by atoms with Crippen molar-refractivity contribution in [1.82, 2.24) is 0 Å². The van der Waals surface area contributed by atoms with Crippen LogP contribution in [-0.4, -0.2) is 12.6 Å². The molecule has 2 aromatic carbocycles. The molecule has 1 aliphatic rings. The van der Waals surface area contributed by atoms with Crippen LogP contribution in [0.2, 0.25) is 15.1 Å². The largest absolute Gasteiger partial charge is 0.487 e. The van der Waals surface area contributed by atoms with Crippen molar-refractivity contribution >= 4 is 40.8 Å². The molecule has 0 saturated heterocycles. The maximum atomic E-state index is 12.6. The van der Waals surface area contributed by atoms with Gasteiger partial charge in [0.1, 0.15) is 29.8 Å². The predicted octanol–water partition coefficient (Wildman–Crippen LogP) is 5.87. The van der Waals surface area contributed by atoms with Crippen molar-refractivity contribution in [3.05, 3.63) is 85.4 Å². The fourth-order valence-corrected chi connectivity index (χ4v) is 4.00. The number of hydrogen-bond acceptors (Lipinski definition) is 6. The first kappa shape index (κ1) is 23.8. The lowest BCUT2D eigenvalue weighted by Gasteiger charge is -2.27. The second kappa shape index (κ2) is 10.2. The van der Waals surface area contributed by atoms with Gasteiger partial charge in [-0.1, -0.05) is 46.9 Å². The molecule has 6 nitrogen and oxygen atoms in total. The Labute approximate surface area is 200 Å². The second-order valence-corrected chi connectivity index (χ2v) is 8.08. The molecular formula is C23H19Cl3N2O4. The first-order chi connectivity index (χ1) is 15.3. The summed E-state index contributed by atoms with van der Waals surface area (Å²) < 4.78 is 16.4. The van der Waals surface area contributed by atoms with Gasteiger partial charge in [0.25, 0.3) is 0 Å². The molecule has 166 valence electrons. The van der Waals surface area contributed by atoms with Gasteiger partial charge >= 0.3 is 5.97 Å². The van der Waals surface area contributed by atoms with Crippen molar-refractivity contribution in [2.75, 3.05) is 6.61 Å². The smallest absolute Gasteiger partial charge is 0.338 e. The van der Waals surface area contributed by atoms with E-state index >= 15 is 0 Å². The lowest BCUT2D eigenvalue weighted by Crippen LogP contribution is -2.25. The van der Waals surface area contributed by atoms with E-state index < -0.39 is 11.9 Å². The summed E-state index contributed by atoms with van der Waals surface area (Å²) in [4.78, 5) is 12.6. The molecule has 0 aliphatic carbocycles. The Kier molecular flexibility index (Phi) is 7.57. The number of esters is 1. The maximum absolute atomic E-state index is 12.6. The van der Waals surface area contributed by atoms with Crippen molar-refractivity contribution in [2.45, 2.75) is 26.4 Å². The van der Waals surface area contributed by atoms with Crippen molar-refractivity contribution in [2.24, 2.45) is 5.73 Å². The average Bonchev–Trinajstić information content (AvgIpc) is 2.73. The van der Waals surface area contributed by atoms with Crippen LogP contribution in [0, 0.1) is 11.3 Å². The molecule has 0 amide bonds.